The summed E-state index contributed by atoms with van der Waals surface area (Å²) in [7, 11) is 1.33. The van der Waals surface area contributed by atoms with E-state index >= 15 is 0 Å². The van der Waals surface area contributed by atoms with Crippen LogP contribution in [-0.4, -0.2) is 37.7 Å². The molecular weight excluding hydrogens is 210 g/mol. The number of rotatable bonds is 6. The van der Waals surface area contributed by atoms with Crippen LogP contribution in [0.15, 0.2) is 0 Å². The molecule has 0 aliphatic carbocycles. The molecule has 5 heteroatoms. The number of carbonyl (C=O) groups excluding carboxylic acids is 2. The molecule has 0 heterocycles. The van der Waals surface area contributed by atoms with Gasteiger partial charge in [0.05, 0.1) is 13.7 Å². The lowest BCUT2D eigenvalue weighted by atomic mass is 10.0. The number of hydrogen-bond donors (Lipinski definition) is 1. The van der Waals surface area contributed by atoms with Crippen molar-refractivity contribution in [3.05, 3.63) is 0 Å². The van der Waals surface area contributed by atoms with Gasteiger partial charge >= 0.3 is 11.9 Å². The first-order valence-corrected chi connectivity index (χ1v) is 5.44. The monoisotopic (exact) mass is 231 g/mol. The molecule has 0 aliphatic rings. The SMILES string of the molecule is CCOC(=O)C(C)NC(C(=O)OC)C(C)C. The fourth-order valence-electron chi connectivity index (χ4n) is 1.26. The number of nitrogens with one attached hydrogen (secondary N) is 1. The third-order valence-corrected chi connectivity index (χ3v) is 2.19. The Balaban J connectivity index is 4.40. The zero-order chi connectivity index (χ0) is 12.7. The summed E-state index contributed by atoms with van der Waals surface area (Å²) in [5.74, 6) is -0.687. The maximum absolute atomic E-state index is 11.4. The molecule has 0 fully saturated rings. The Morgan fingerprint density at radius 3 is 2.12 bits per heavy atom. The molecule has 0 amide bonds. The van der Waals surface area contributed by atoms with Gasteiger partial charge in [0.15, 0.2) is 0 Å². The van der Waals surface area contributed by atoms with Crippen molar-refractivity contribution in [3.63, 3.8) is 0 Å². The van der Waals surface area contributed by atoms with E-state index in [9.17, 15) is 9.59 Å². The highest BCUT2D eigenvalue weighted by Crippen LogP contribution is 2.05. The van der Waals surface area contributed by atoms with E-state index in [4.69, 9.17) is 4.74 Å². The van der Waals surface area contributed by atoms with Crippen LogP contribution in [0.25, 0.3) is 0 Å². The van der Waals surface area contributed by atoms with Gasteiger partial charge in [-0.3, -0.25) is 14.9 Å². The van der Waals surface area contributed by atoms with E-state index in [1.807, 2.05) is 13.8 Å². The summed E-state index contributed by atoms with van der Waals surface area (Å²) in [4.78, 5) is 22.8. The third-order valence-electron chi connectivity index (χ3n) is 2.19. The van der Waals surface area contributed by atoms with Gasteiger partial charge in [0.2, 0.25) is 0 Å². The average molecular weight is 231 g/mol. The average Bonchev–Trinajstić information content (AvgIpc) is 2.24. The van der Waals surface area contributed by atoms with Crippen LogP contribution in [0.1, 0.15) is 27.7 Å². The second-order valence-electron chi connectivity index (χ2n) is 3.89. The summed E-state index contributed by atoms with van der Waals surface area (Å²) < 4.78 is 9.50. The molecule has 1 N–H and O–H groups in total. The standard InChI is InChI=1S/C11H21NO4/c1-6-16-10(13)8(4)12-9(7(2)3)11(14)15-5/h7-9,12H,6H2,1-5H3. The van der Waals surface area contributed by atoms with Crippen LogP contribution in [0.2, 0.25) is 0 Å². The van der Waals surface area contributed by atoms with E-state index < -0.39 is 12.1 Å². The smallest absolute Gasteiger partial charge is 0.323 e. The molecule has 0 radical (unpaired) electrons. The first-order valence-electron chi connectivity index (χ1n) is 5.44. The van der Waals surface area contributed by atoms with Crippen LogP contribution in [0.3, 0.4) is 0 Å². The summed E-state index contributed by atoms with van der Waals surface area (Å²) >= 11 is 0. The summed E-state index contributed by atoms with van der Waals surface area (Å²) in [6.07, 6.45) is 0. The van der Waals surface area contributed by atoms with Crippen LogP contribution < -0.4 is 5.32 Å². The largest absolute Gasteiger partial charge is 0.468 e. The number of methoxy groups -OCH3 is 1. The molecule has 0 aromatic heterocycles. The Labute approximate surface area is 96.5 Å². The van der Waals surface area contributed by atoms with Gasteiger partial charge < -0.3 is 9.47 Å². The van der Waals surface area contributed by atoms with Crippen molar-refractivity contribution in [2.24, 2.45) is 5.92 Å². The van der Waals surface area contributed by atoms with Gasteiger partial charge in [-0.05, 0) is 19.8 Å². The van der Waals surface area contributed by atoms with Crippen LogP contribution in [-0.2, 0) is 19.1 Å². The predicted octanol–water partition coefficient (Wildman–Crippen LogP) is 0.725. The third kappa shape index (κ3) is 4.61. The lowest BCUT2D eigenvalue weighted by Crippen LogP contribution is -2.49. The summed E-state index contributed by atoms with van der Waals surface area (Å²) in [6, 6.07) is -1.02. The van der Waals surface area contributed by atoms with Crippen molar-refractivity contribution in [2.75, 3.05) is 13.7 Å². The van der Waals surface area contributed by atoms with E-state index in [-0.39, 0.29) is 17.9 Å². The first-order chi connectivity index (χ1) is 7.43. The highest BCUT2D eigenvalue weighted by Gasteiger charge is 2.27. The molecule has 0 aliphatic heterocycles. The Morgan fingerprint density at radius 1 is 1.19 bits per heavy atom. The fraction of sp³-hybridized carbons (Fsp3) is 0.818. The van der Waals surface area contributed by atoms with Crippen LogP contribution in [0.5, 0.6) is 0 Å². The number of ether oxygens (including phenoxy) is 2. The van der Waals surface area contributed by atoms with E-state index in [0.29, 0.717) is 6.61 Å². The van der Waals surface area contributed by atoms with Crippen molar-refractivity contribution in [2.45, 2.75) is 39.8 Å². The highest BCUT2D eigenvalue weighted by molar-refractivity contribution is 5.79. The first kappa shape index (κ1) is 14.9. The van der Waals surface area contributed by atoms with Crippen molar-refractivity contribution in [3.8, 4) is 0 Å². The molecule has 0 bridgehead atoms. The fourth-order valence-corrected chi connectivity index (χ4v) is 1.26. The van der Waals surface area contributed by atoms with Crippen molar-refractivity contribution < 1.29 is 19.1 Å². The number of esters is 2. The molecule has 0 aromatic rings. The Morgan fingerprint density at radius 2 is 1.75 bits per heavy atom. The molecule has 94 valence electrons. The van der Waals surface area contributed by atoms with Crippen molar-refractivity contribution in [1.29, 1.82) is 0 Å². The summed E-state index contributed by atoms with van der Waals surface area (Å²) in [5, 5.41) is 2.90. The molecule has 0 aromatic carbocycles. The zero-order valence-corrected chi connectivity index (χ0v) is 10.6. The molecular formula is C11H21NO4. The molecule has 2 unspecified atom stereocenters. The van der Waals surface area contributed by atoms with Gasteiger partial charge in [0.25, 0.3) is 0 Å². The minimum absolute atomic E-state index is 0.0457. The second-order valence-corrected chi connectivity index (χ2v) is 3.89. The van der Waals surface area contributed by atoms with E-state index in [1.165, 1.54) is 7.11 Å². The van der Waals surface area contributed by atoms with Gasteiger partial charge in [-0.2, -0.15) is 0 Å². The van der Waals surface area contributed by atoms with Crippen LogP contribution in [0.4, 0.5) is 0 Å². The number of hydrogen-bond acceptors (Lipinski definition) is 5. The Bertz CT molecular complexity index is 240. The molecule has 0 saturated carbocycles. The maximum Gasteiger partial charge on any atom is 0.323 e. The van der Waals surface area contributed by atoms with Gasteiger partial charge in [-0.15, -0.1) is 0 Å². The van der Waals surface area contributed by atoms with Gasteiger partial charge in [-0.1, -0.05) is 13.8 Å². The zero-order valence-electron chi connectivity index (χ0n) is 10.6. The van der Waals surface area contributed by atoms with E-state index in [2.05, 4.69) is 10.1 Å². The highest BCUT2D eigenvalue weighted by atomic mass is 16.5. The molecule has 0 spiro atoms. The van der Waals surface area contributed by atoms with E-state index in [1.54, 1.807) is 13.8 Å². The minimum atomic E-state index is -0.522. The summed E-state index contributed by atoms with van der Waals surface area (Å²) in [5.41, 5.74) is 0. The topological polar surface area (TPSA) is 64.6 Å². The summed E-state index contributed by atoms with van der Waals surface area (Å²) in [6.45, 7) is 7.50. The maximum atomic E-state index is 11.4. The van der Waals surface area contributed by atoms with Gasteiger partial charge in [0.1, 0.15) is 12.1 Å². The van der Waals surface area contributed by atoms with Gasteiger partial charge in [0, 0.05) is 0 Å². The Hall–Kier alpha value is -1.10. The van der Waals surface area contributed by atoms with Crippen molar-refractivity contribution >= 4 is 11.9 Å². The molecule has 16 heavy (non-hydrogen) atoms. The normalized spacial score (nSPS) is 14.4. The number of carbonyl (C=O) groups is 2. The van der Waals surface area contributed by atoms with Crippen LogP contribution >= 0.6 is 0 Å². The minimum Gasteiger partial charge on any atom is -0.468 e. The quantitative estimate of drug-likeness (QED) is 0.682. The Kier molecular flexibility index (Phi) is 6.72. The van der Waals surface area contributed by atoms with Gasteiger partial charge in [-0.25, -0.2) is 0 Å². The molecule has 0 saturated heterocycles. The lowest BCUT2D eigenvalue weighted by molar-refractivity contribution is -0.148. The molecule has 5 nitrogen and oxygen atoms in total. The van der Waals surface area contributed by atoms with E-state index in [0.717, 1.165) is 0 Å². The predicted molar refractivity (Wildman–Crippen MR) is 59.9 cm³/mol. The lowest BCUT2D eigenvalue weighted by Gasteiger charge is -2.23. The van der Waals surface area contributed by atoms with Crippen LogP contribution in [0, 0.1) is 5.92 Å². The van der Waals surface area contributed by atoms with Crippen molar-refractivity contribution in [1.82, 2.24) is 5.32 Å². The molecule has 0 rings (SSSR count). The second kappa shape index (κ2) is 7.22. The molecule has 2 atom stereocenters.